The maximum Gasteiger partial charge on any atom is 0.223 e. The normalized spacial score (nSPS) is 10.2. The lowest BCUT2D eigenvalue weighted by molar-refractivity contribution is 1.19. The number of aromatic nitrogens is 2. The lowest BCUT2D eigenvalue weighted by Gasteiger charge is -2.08. The Morgan fingerprint density at radius 1 is 1.06 bits per heavy atom. The van der Waals surface area contributed by atoms with Crippen molar-refractivity contribution < 1.29 is 0 Å². The standard InChI is InChI=1S/C10H9Cl2N5/c11-5-1-2-6(12)7(3-5)15-9-4-8(13)16-10(14)17-9/h1-4H,(H5,13,14,15,16,17). The van der Waals surface area contributed by atoms with Crippen LogP contribution in [0.2, 0.25) is 10.0 Å². The van der Waals surface area contributed by atoms with Gasteiger partial charge in [-0.3, -0.25) is 0 Å². The molecule has 0 amide bonds. The summed E-state index contributed by atoms with van der Waals surface area (Å²) in [5.74, 6) is 0.822. The van der Waals surface area contributed by atoms with Crippen molar-refractivity contribution in [3.8, 4) is 0 Å². The average Bonchev–Trinajstić information content (AvgIpc) is 2.22. The van der Waals surface area contributed by atoms with E-state index in [-0.39, 0.29) is 11.8 Å². The maximum absolute atomic E-state index is 6.00. The average molecular weight is 270 g/mol. The van der Waals surface area contributed by atoms with Gasteiger partial charge in [-0.2, -0.15) is 9.97 Å². The molecule has 0 saturated carbocycles. The second kappa shape index (κ2) is 4.65. The van der Waals surface area contributed by atoms with Crippen LogP contribution in [0.3, 0.4) is 0 Å². The van der Waals surface area contributed by atoms with Gasteiger partial charge in [0.1, 0.15) is 11.6 Å². The second-order valence-electron chi connectivity index (χ2n) is 3.29. The molecule has 0 atom stereocenters. The zero-order chi connectivity index (χ0) is 12.4. The molecule has 0 aliphatic heterocycles. The first-order valence-electron chi connectivity index (χ1n) is 4.67. The predicted molar refractivity (Wildman–Crippen MR) is 70.6 cm³/mol. The van der Waals surface area contributed by atoms with Crippen LogP contribution < -0.4 is 16.8 Å². The number of anilines is 4. The number of halogens is 2. The first kappa shape index (κ1) is 11.8. The quantitative estimate of drug-likeness (QED) is 0.780. The third kappa shape index (κ3) is 2.89. The van der Waals surface area contributed by atoms with E-state index in [0.717, 1.165) is 0 Å². The lowest BCUT2D eigenvalue weighted by atomic mass is 10.3. The highest BCUT2D eigenvalue weighted by molar-refractivity contribution is 6.35. The molecule has 1 aromatic heterocycles. The molecule has 0 bridgehead atoms. The van der Waals surface area contributed by atoms with Crippen LogP contribution in [-0.4, -0.2) is 9.97 Å². The Morgan fingerprint density at radius 2 is 1.82 bits per heavy atom. The van der Waals surface area contributed by atoms with Crippen LogP contribution in [0.1, 0.15) is 0 Å². The van der Waals surface area contributed by atoms with Crippen LogP contribution in [0, 0.1) is 0 Å². The molecule has 1 aromatic carbocycles. The number of nitrogens with zero attached hydrogens (tertiary/aromatic N) is 2. The van der Waals surface area contributed by atoms with Crippen LogP contribution in [-0.2, 0) is 0 Å². The molecule has 0 unspecified atom stereocenters. The summed E-state index contributed by atoms with van der Waals surface area (Å²) >= 11 is 11.9. The van der Waals surface area contributed by atoms with Gasteiger partial charge >= 0.3 is 0 Å². The minimum absolute atomic E-state index is 0.0886. The van der Waals surface area contributed by atoms with E-state index in [4.69, 9.17) is 34.7 Å². The molecule has 0 saturated heterocycles. The Bertz CT molecular complexity index is 538. The molecule has 5 nitrogen and oxygen atoms in total. The molecule has 2 aromatic rings. The van der Waals surface area contributed by atoms with Gasteiger partial charge in [0.2, 0.25) is 5.95 Å². The van der Waals surface area contributed by atoms with Gasteiger partial charge in [0.15, 0.2) is 0 Å². The molecule has 7 heteroatoms. The summed E-state index contributed by atoms with van der Waals surface area (Å²) in [6.45, 7) is 0. The number of nitrogens with two attached hydrogens (primary N) is 2. The van der Waals surface area contributed by atoms with Crippen molar-refractivity contribution >= 4 is 46.5 Å². The number of hydrogen-bond acceptors (Lipinski definition) is 5. The van der Waals surface area contributed by atoms with E-state index >= 15 is 0 Å². The van der Waals surface area contributed by atoms with Gasteiger partial charge in [0.25, 0.3) is 0 Å². The monoisotopic (exact) mass is 269 g/mol. The number of nitrogen functional groups attached to an aromatic ring is 2. The van der Waals surface area contributed by atoms with E-state index in [0.29, 0.717) is 21.6 Å². The van der Waals surface area contributed by atoms with Crippen LogP contribution in [0.15, 0.2) is 24.3 Å². The van der Waals surface area contributed by atoms with Crippen LogP contribution in [0.25, 0.3) is 0 Å². The number of rotatable bonds is 2. The Morgan fingerprint density at radius 3 is 2.53 bits per heavy atom. The summed E-state index contributed by atoms with van der Waals surface area (Å²) in [4.78, 5) is 7.74. The molecule has 1 heterocycles. The van der Waals surface area contributed by atoms with Crippen LogP contribution in [0.5, 0.6) is 0 Å². The fraction of sp³-hybridized carbons (Fsp3) is 0. The summed E-state index contributed by atoms with van der Waals surface area (Å²) in [6.07, 6.45) is 0. The smallest absolute Gasteiger partial charge is 0.223 e. The topological polar surface area (TPSA) is 89.8 Å². The van der Waals surface area contributed by atoms with Crippen molar-refractivity contribution in [1.82, 2.24) is 9.97 Å². The van der Waals surface area contributed by atoms with E-state index in [2.05, 4.69) is 15.3 Å². The molecule has 2 rings (SSSR count). The summed E-state index contributed by atoms with van der Waals surface area (Å²) in [6, 6.07) is 6.60. The molecule has 17 heavy (non-hydrogen) atoms. The minimum atomic E-state index is 0.0886. The number of benzene rings is 1. The molecule has 0 fully saturated rings. The lowest BCUT2D eigenvalue weighted by Crippen LogP contribution is -2.03. The van der Waals surface area contributed by atoms with Gasteiger partial charge in [0, 0.05) is 11.1 Å². The first-order valence-corrected chi connectivity index (χ1v) is 5.42. The Balaban J connectivity index is 2.34. The van der Waals surface area contributed by atoms with Gasteiger partial charge < -0.3 is 16.8 Å². The molecule has 0 aliphatic rings. The van der Waals surface area contributed by atoms with Crippen molar-refractivity contribution in [3.63, 3.8) is 0 Å². The van der Waals surface area contributed by atoms with Gasteiger partial charge in [-0.25, -0.2) is 0 Å². The summed E-state index contributed by atoms with van der Waals surface area (Å²) in [7, 11) is 0. The fourth-order valence-electron chi connectivity index (χ4n) is 1.28. The highest BCUT2D eigenvalue weighted by Gasteiger charge is 2.04. The van der Waals surface area contributed by atoms with E-state index in [9.17, 15) is 0 Å². The van der Waals surface area contributed by atoms with Gasteiger partial charge in [0.05, 0.1) is 10.7 Å². The predicted octanol–water partition coefficient (Wildman–Crippen LogP) is 2.69. The second-order valence-corrected chi connectivity index (χ2v) is 4.13. The van der Waals surface area contributed by atoms with Gasteiger partial charge in [-0.1, -0.05) is 23.2 Å². The van der Waals surface area contributed by atoms with Crippen molar-refractivity contribution in [2.45, 2.75) is 0 Å². The molecule has 0 radical (unpaired) electrons. The summed E-state index contributed by atoms with van der Waals surface area (Å²) in [5.41, 5.74) is 11.7. The van der Waals surface area contributed by atoms with Crippen molar-refractivity contribution in [2.75, 3.05) is 16.8 Å². The van der Waals surface area contributed by atoms with Crippen molar-refractivity contribution in [3.05, 3.63) is 34.3 Å². The molecule has 5 N–H and O–H groups in total. The zero-order valence-electron chi connectivity index (χ0n) is 8.61. The maximum atomic E-state index is 6.00. The van der Waals surface area contributed by atoms with Crippen molar-refractivity contribution in [1.29, 1.82) is 0 Å². The Hall–Kier alpha value is -1.72. The van der Waals surface area contributed by atoms with E-state index in [1.807, 2.05) is 0 Å². The molecule has 0 aliphatic carbocycles. The van der Waals surface area contributed by atoms with Crippen molar-refractivity contribution in [2.24, 2.45) is 0 Å². The molecule has 0 spiro atoms. The summed E-state index contributed by atoms with van der Waals surface area (Å²) < 4.78 is 0. The van der Waals surface area contributed by atoms with E-state index < -0.39 is 0 Å². The molecular weight excluding hydrogens is 261 g/mol. The number of nitrogens with one attached hydrogen (secondary N) is 1. The molecular formula is C10H9Cl2N5. The van der Waals surface area contributed by atoms with E-state index in [1.54, 1.807) is 24.3 Å². The Kier molecular flexibility index (Phi) is 3.21. The third-order valence-electron chi connectivity index (χ3n) is 1.95. The van der Waals surface area contributed by atoms with Crippen LogP contribution >= 0.6 is 23.2 Å². The van der Waals surface area contributed by atoms with Crippen LogP contribution in [0.4, 0.5) is 23.3 Å². The van der Waals surface area contributed by atoms with Gasteiger partial charge in [-0.15, -0.1) is 0 Å². The third-order valence-corrected chi connectivity index (χ3v) is 2.52. The zero-order valence-corrected chi connectivity index (χ0v) is 10.1. The first-order chi connectivity index (χ1) is 8.04. The minimum Gasteiger partial charge on any atom is -0.383 e. The van der Waals surface area contributed by atoms with E-state index in [1.165, 1.54) is 0 Å². The highest BCUT2D eigenvalue weighted by atomic mass is 35.5. The fourth-order valence-corrected chi connectivity index (χ4v) is 1.62. The molecule has 88 valence electrons. The summed E-state index contributed by atoms with van der Waals surface area (Å²) in [5, 5.41) is 4.05. The SMILES string of the molecule is Nc1cc(Nc2cc(Cl)ccc2Cl)nc(N)n1. The highest BCUT2D eigenvalue weighted by Crippen LogP contribution is 2.28. The largest absolute Gasteiger partial charge is 0.383 e. The number of hydrogen-bond donors (Lipinski definition) is 3. The Labute approximate surface area is 108 Å². The van der Waals surface area contributed by atoms with Gasteiger partial charge in [-0.05, 0) is 18.2 Å².